The second-order valence-electron chi connectivity index (χ2n) is 7.16. The molecule has 0 aliphatic heterocycles. The minimum absolute atomic E-state index is 0.117. The fourth-order valence-electron chi connectivity index (χ4n) is 3.36. The average molecular weight is 464 g/mol. The number of halogens is 1. The fourth-order valence-corrected chi connectivity index (χ4v) is 4.18. The van der Waals surface area contributed by atoms with Crippen molar-refractivity contribution >= 4 is 17.5 Å². The van der Waals surface area contributed by atoms with Gasteiger partial charge in [0.1, 0.15) is 17.3 Å². The molecule has 0 spiro atoms. The van der Waals surface area contributed by atoms with E-state index in [1.807, 2.05) is 34.9 Å². The van der Waals surface area contributed by atoms with Crippen molar-refractivity contribution in [1.82, 2.24) is 14.8 Å². The third-order valence-corrected chi connectivity index (χ3v) is 6.01. The molecule has 0 saturated carbocycles. The van der Waals surface area contributed by atoms with Gasteiger partial charge in [0.25, 0.3) is 0 Å². The van der Waals surface area contributed by atoms with Gasteiger partial charge in [-0.05, 0) is 48.0 Å². The van der Waals surface area contributed by atoms with Gasteiger partial charge in [-0.2, -0.15) is 0 Å². The molecule has 0 aliphatic carbocycles. The highest BCUT2D eigenvalue weighted by Crippen LogP contribution is 2.29. The van der Waals surface area contributed by atoms with Gasteiger partial charge >= 0.3 is 0 Å². The quantitative estimate of drug-likeness (QED) is 0.253. The minimum atomic E-state index is -0.319. The number of thioether (sulfide) groups is 1. The Balaban J connectivity index is 1.62. The van der Waals surface area contributed by atoms with Crippen molar-refractivity contribution in [3.63, 3.8) is 0 Å². The molecular formula is C25H22FN3O3S. The smallest absolute Gasteiger partial charge is 0.192 e. The molecule has 3 aromatic carbocycles. The zero-order valence-electron chi connectivity index (χ0n) is 18.2. The maximum Gasteiger partial charge on any atom is 0.192 e. The van der Waals surface area contributed by atoms with Crippen LogP contribution in [0.2, 0.25) is 0 Å². The van der Waals surface area contributed by atoms with Crippen molar-refractivity contribution < 1.29 is 18.7 Å². The zero-order valence-corrected chi connectivity index (χ0v) is 19.0. The molecule has 0 aliphatic rings. The molecule has 0 atom stereocenters. The summed E-state index contributed by atoms with van der Waals surface area (Å²) < 4.78 is 26.0. The molecule has 4 aromatic rings. The van der Waals surface area contributed by atoms with Crippen LogP contribution in [0.3, 0.4) is 0 Å². The summed E-state index contributed by atoms with van der Waals surface area (Å²) >= 11 is 1.29. The molecule has 0 unspecified atom stereocenters. The Morgan fingerprint density at radius 3 is 2.42 bits per heavy atom. The first-order chi connectivity index (χ1) is 16.1. The molecule has 4 rings (SSSR count). The van der Waals surface area contributed by atoms with E-state index in [0.29, 0.717) is 34.6 Å². The summed E-state index contributed by atoms with van der Waals surface area (Å²) in [5, 5.41) is 9.26. The first-order valence-corrected chi connectivity index (χ1v) is 11.2. The Kier molecular flexibility index (Phi) is 7.04. The van der Waals surface area contributed by atoms with Crippen molar-refractivity contribution in [2.75, 3.05) is 20.0 Å². The Bertz CT molecular complexity index is 1240. The second kappa shape index (κ2) is 10.3. The number of methoxy groups -OCH3 is 2. The van der Waals surface area contributed by atoms with Crippen LogP contribution in [0, 0.1) is 5.82 Å². The van der Waals surface area contributed by atoms with E-state index in [1.54, 1.807) is 37.4 Å². The van der Waals surface area contributed by atoms with Crippen molar-refractivity contribution in [3.8, 4) is 22.9 Å². The molecule has 0 radical (unpaired) electrons. The van der Waals surface area contributed by atoms with Crippen LogP contribution >= 0.6 is 11.8 Å². The highest BCUT2D eigenvalue weighted by molar-refractivity contribution is 7.99. The molecule has 168 valence electrons. The number of hydrogen-bond acceptors (Lipinski definition) is 6. The van der Waals surface area contributed by atoms with Crippen LogP contribution in [-0.4, -0.2) is 40.5 Å². The number of ether oxygens (including phenoxy) is 2. The number of ketones is 1. The molecule has 6 nitrogen and oxygen atoms in total. The maximum atomic E-state index is 13.4. The summed E-state index contributed by atoms with van der Waals surface area (Å²) in [6.07, 6.45) is 0. The van der Waals surface area contributed by atoms with Gasteiger partial charge in [0, 0.05) is 5.56 Å². The van der Waals surface area contributed by atoms with Crippen molar-refractivity contribution in [2.24, 2.45) is 0 Å². The highest BCUT2D eigenvalue weighted by Gasteiger charge is 2.19. The van der Waals surface area contributed by atoms with Crippen LogP contribution in [-0.2, 0) is 6.54 Å². The van der Waals surface area contributed by atoms with Gasteiger partial charge in [-0.1, -0.05) is 42.1 Å². The summed E-state index contributed by atoms with van der Waals surface area (Å²) in [7, 11) is 3.07. The maximum absolute atomic E-state index is 13.4. The molecule has 0 bridgehead atoms. The predicted octanol–water partition coefficient (Wildman–Crippen LogP) is 5.12. The van der Waals surface area contributed by atoms with Gasteiger partial charge in [0.2, 0.25) is 0 Å². The monoisotopic (exact) mass is 463 g/mol. The van der Waals surface area contributed by atoms with Crippen LogP contribution < -0.4 is 9.47 Å². The van der Waals surface area contributed by atoms with Crippen molar-refractivity contribution in [2.45, 2.75) is 11.7 Å². The van der Waals surface area contributed by atoms with Crippen LogP contribution in [0.25, 0.3) is 11.4 Å². The van der Waals surface area contributed by atoms with Crippen LogP contribution in [0.15, 0.2) is 78.0 Å². The number of benzene rings is 3. The van der Waals surface area contributed by atoms with Gasteiger partial charge in [-0.3, -0.25) is 9.36 Å². The van der Waals surface area contributed by atoms with E-state index >= 15 is 0 Å². The molecule has 0 saturated heterocycles. The average Bonchev–Trinajstić information content (AvgIpc) is 3.25. The number of hydrogen-bond donors (Lipinski definition) is 0. The zero-order chi connectivity index (χ0) is 23.2. The molecule has 33 heavy (non-hydrogen) atoms. The number of carbonyl (C=O) groups is 1. The lowest BCUT2D eigenvalue weighted by Crippen LogP contribution is -2.08. The SMILES string of the molecule is COc1ccc(OC)c(C(=O)CSc2nnc(-c3ccc(F)cc3)n2Cc2ccccc2)c1. The van der Waals surface area contributed by atoms with E-state index in [-0.39, 0.29) is 17.4 Å². The normalized spacial score (nSPS) is 10.8. The molecular weight excluding hydrogens is 441 g/mol. The number of nitrogens with zero attached hydrogens (tertiary/aromatic N) is 3. The summed E-state index contributed by atoms with van der Waals surface area (Å²) in [5.41, 5.74) is 2.24. The topological polar surface area (TPSA) is 66.2 Å². The Morgan fingerprint density at radius 2 is 1.73 bits per heavy atom. The van der Waals surface area contributed by atoms with Crippen LogP contribution in [0.4, 0.5) is 4.39 Å². The third kappa shape index (κ3) is 5.23. The van der Waals surface area contributed by atoms with E-state index in [2.05, 4.69) is 10.2 Å². The van der Waals surface area contributed by atoms with E-state index < -0.39 is 0 Å². The van der Waals surface area contributed by atoms with Gasteiger partial charge in [-0.15, -0.1) is 10.2 Å². The first kappa shape index (κ1) is 22.5. The van der Waals surface area contributed by atoms with Gasteiger partial charge in [0.05, 0.1) is 32.1 Å². The summed E-state index contributed by atoms with van der Waals surface area (Å²) in [5.74, 6) is 1.37. The van der Waals surface area contributed by atoms with E-state index in [9.17, 15) is 9.18 Å². The Hall–Kier alpha value is -3.65. The number of Topliss-reactive ketones (excluding diaryl/α,β-unsaturated/α-hetero) is 1. The molecule has 1 heterocycles. The van der Waals surface area contributed by atoms with Gasteiger partial charge in [0.15, 0.2) is 16.8 Å². The second-order valence-corrected chi connectivity index (χ2v) is 8.11. The Labute approximate surface area is 195 Å². The predicted molar refractivity (Wildman–Crippen MR) is 126 cm³/mol. The summed E-state index contributed by atoms with van der Waals surface area (Å²) in [4.78, 5) is 13.0. The lowest BCUT2D eigenvalue weighted by atomic mass is 10.1. The number of aromatic nitrogens is 3. The highest BCUT2D eigenvalue weighted by atomic mass is 32.2. The summed E-state index contributed by atoms with van der Waals surface area (Å²) in [6.45, 7) is 0.513. The Morgan fingerprint density at radius 1 is 0.970 bits per heavy atom. The van der Waals surface area contributed by atoms with Gasteiger partial charge < -0.3 is 9.47 Å². The molecule has 1 aromatic heterocycles. The lowest BCUT2D eigenvalue weighted by Gasteiger charge is -2.11. The van der Waals surface area contributed by atoms with Crippen molar-refractivity contribution in [1.29, 1.82) is 0 Å². The standard InChI is InChI=1S/C25H22FN3O3S/c1-31-20-12-13-23(32-2)21(14-20)22(30)16-33-25-28-27-24(18-8-10-19(26)11-9-18)29(25)15-17-6-4-3-5-7-17/h3-14H,15-16H2,1-2H3. The lowest BCUT2D eigenvalue weighted by molar-refractivity contribution is 0.101. The van der Waals surface area contributed by atoms with Crippen LogP contribution in [0.5, 0.6) is 11.5 Å². The van der Waals surface area contributed by atoms with E-state index in [0.717, 1.165) is 11.1 Å². The molecule has 0 amide bonds. The van der Waals surface area contributed by atoms with E-state index in [4.69, 9.17) is 9.47 Å². The molecule has 8 heteroatoms. The first-order valence-electron chi connectivity index (χ1n) is 10.2. The van der Waals surface area contributed by atoms with E-state index in [1.165, 1.54) is 31.0 Å². The summed E-state index contributed by atoms with van der Waals surface area (Å²) in [6, 6.07) is 21.1. The molecule has 0 fully saturated rings. The van der Waals surface area contributed by atoms with Crippen LogP contribution in [0.1, 0.15) is 15.9 Å². The van der Waals surface area contributed by atoms with Crippen molar-refractivity contribution in [3.05, 3.63) is 89.7 Å². The third-order valence-electron chi connectivity index (χ3n) is 5.04. The van der Waals surface area contributed by atoms with Gasteiger partial charge in [-0.25, -0.2) is 4.39 Å². The number of carbonyl (C=O) groups excluding carboxylic acids is 1. The minimum Gasteiger partial charge on any atom is -0.497 e. The molecule has 0 N–H and O–H groups in total. The largest absolute Gasteiger partial charge is 0.497 e. The fraction of sp³-hybridized carbons (Fsp3) is 0.160. The number of rotatable bonds is 9.